The zero-order chi connectivity index (χ0) is 61.5. The second-order valence-corrected chi connectivity index (χ2v) is 23.9. The van der Waals surface area contributed by atoms with Crippen molar-refractivity contribution >= 4 is 61.7 Å². The average Bonchev–Trinajstić information content (AvgIpc) is 2.01. The second-order valence-electron chi connectivity index (χ2n) is 20.1. The van der Waals surface area contributed by atoms with Crippen LogP contribution in [0, 0.1) is 17.7 Å². The second kappa shape index (κ2) is 19.7. The van der Waals surface area contributed by atoms with Crippen molar-refractivity contribution < 1.29 is 23.0 Å². The first-order chi connectivity index (χ1) is 42.4. The lowest BCUT2D eigenvalue weighted by Crippen LogP contribution is -2.74. The molecule has 0 N–H and O–H groups in total. The van der Waals surface area contributed by atoms with Gasteiger partial charge >= 0.3 is 0 Å². The van der Waals surface area contributed by atoms with Gasteiger partial charge in [0.25, 0.3) is 6.33 Å². The molecule has 0 atom stereocenters. The summed E-state index contributed by atoms with van der Waals surface area (Å²) in [5, 5.41) is 16.5. The summed E-state index contributed by atoms with van der Waals surface area (Å²) < 4.78 is 102. The van der Waals surface area contributed by atoms with Gasteiger partial charge in [0, 0.05) is 23.0 Å². The molecular weight excluding hydrogens is 967 g/mol. The number of nitriles is 1. The number of nitrogens with zero attached hydrogens (tertiary/aromatic N) is 5. The van der Waals surface area contributed by atoms with Crippen LogP contribution in [0.4, 0.5) is 0 Å². The first-order valence-corrected chi connectivity index (χ1v) is 27.6. The number of hydrogen-bond acceptors (Lipinski definition) is 3. The van der Waals surface area contributed by atoms with Crippen LogP contribution < -0.4 is 30.1 Å². The molecule has 13 aromatic rings. The molecule has 6 nitrogen and oxygen atoms in total. The quantitative estimate of drug-likeness (QED) is 0.0561. The molecule has 0 saturated carbocycles. The van der Waals surface area contributed by atoms with Crippen molar-refractivity contribution in [3.05, 3.63) is 284 Å². The highest BCUT2D eigenvalue weighted by atomic mass is 28.3. The molecule has 0 unspecified atom stereocenters. The molecule has 7 heteroatoms. The highest BCUT2D eigenvalue weighted by molar-refractivity contribution is 7.20. The lowest BCUT2D eigenvalue weighted by atomic mass is 9.88. The fraction of sp³-hybridized carbons (Fsp3) is 0.0563. The van der Waals surface area contributed by atoms with E-state index in [1.165, 1.54) is 0 Å². The number of imidazole rings is 1. The Labute approximate surface area is 469 Å². The molecule has 78 heavy (non-hydrogen) atoms. The van der Waals surface area contributed by atoms with Gasteiger partial charge in [-0.2, -0.15) is 5.26 Å². The monoisotopic (exact) mass is 1030 g/mol. The van der Waals surface area contributed by atoms with E-state index >= 15 is 0 Å². The van der Waals surface area contributed by atoms with Gasteiger partial charge in [0.2, 0.25) is 0 Å². The maximum atomic E-state index is 10.4. The number of benzene rings is 10. The summed E-state index contributed by atoms with van der Waals surface area (Å²) in [6.07, 6.45) is 5.36. The zero-order valence-corrected chi connectivity index (χ0v) is 43.8. The van der Waals surface area contributed by atoms with Gasteiger partial charge in [-0.3, -0.25) is 13.7 Å². The van der Waals surface area contributed by atoms with E-state index in [0.29, 0.717) is 39.6 Å². The van der Waals surface area contributed by atoms with E-state index in [0.717, 1.165) is 48.1 Å². The van der Waals surface area contributed by atoms with Crippen molar-refractivity contribution in [1.82, 2.24) is 14.1 Å². The molecule has 0 aliphatic carbocycles. The molecule has 0 aliphatic heterocycles. The van der Waals surface area contributed by atoms with E-state index in [9.17, 15) is 10.7 Å². The molecule has 3 aromatic heterocycles. The minimum Gasteiger partial charge on any atom is -0.458 e. The van der Waals surface area contributed by atoms with Crippen LogP contribution >= 0.6 is 0 Å². The lowest BCUT2D eigenvalue weighted by Gasteiger charge is -2.35. The van der Waals surface area contributed by atoms with Crippen LogP contribution in [0.1, 0.15) is 45.6 Å². The van der Waals surface area contributed by atoms with Crippen LogP contribution in [0.3, 0.4) is 0 Å². The van der Waals surface area contributed by atoms with E-state index in [-0.39, 0.29) is 33.4 Å². The smallest absolute Gasteiger partial charge is 0.269 e. The van der Waals surface area contributed by atoms with Gasteiger partial charge in [-0.1, -0.05) is 221 Å². The van der Waals surface area contributed by atoms with Gasteiger partial charge < -0.3 is 4.74 Å². The Morgan fingerprint density at radius 3 is 1.78 bits per heavy atom. The van der Waals surface area contributed by atoms with Crippen molar-refractivity contribution in [2.24, 2.45) is 0 Å². The predicted octanol–water partition coefficient (Wildman–Crippen LogP) is 13.9. The summed E-state index contributed by atoms with van der Waals surface area (Å²) in [7, 11) is -3.43. The molecule has 0 spiro atoms. The first-order valence-electron chi connectivity index (χ1n) is 30.6. The van der Waals surface area contributed by atoms with Gasteiger partial charge in [0.1, 0.15) is 17.3 Å². The Bertz CT molecular complexity index is 4780. The minimum absolute atomic E-state index is 0.134. The SMILES string of the molecule is [2H]c1c([2H])c([2H])c(-c2cccc(-c3c([2H])c([2H])c([2H])c([2H])c3[2H])c2-[n+]2[c-]n(-c3cccc(Oc4cc5c(cc4[Si](c4ccccc4)(c4ccccc4)c4ccccc4)c4cc(C#N)ccc4n5-c4cc(C(C)(C)C)ccn4)c3)c3ccccc32)c([2H])c1[2H]. The van der Waals surface area contributed by atoms with E-state index in [4.69, 9.17) is 17.9 Å². The van der Waals surface area contributed by atoms with Gasteiger partial charge in [0.05, 0.1) is 58.8 Å². The highest BCUT2D eigenvalue weighted by Crippen LogP contribution is 2.39. The fourth-order valence-electron chi connectivity index (χ4n) is 11.0. The normalized spacial score (nSPS) is 13.6. The Morgan fingerprint density at radius 2 is 1.17 bits per heavy atom. The third-order valence-corrected chi connectivity index (χ3v) is 19.3. The van der Waals surface area contributed by atoms with Crippen LogP contribution in [0.5, 0.6) is 11.5 Å². The molecule has 13 rings (SSSR count). The number of aromatic nitrogens is 4. The highest BCUT2D eigenvalue weighted by Gasteiger charge is 2.44. The number of rotatable bonds is 11. The summed E-state index contributed by atoms with van der Waals surface area (Å²) in [5.41, 5.74) is 4.89. The number of fused-ring (bicyclic) bond motifs is 4. The fourth-order valence-corrected chi connectivity index (χ4v) is 15.8. The maximum absolute atomic E-state index is 10.4. The Morgan fingerprint density at radius 1 is 0.577 bits per heavy atom. The summed E-state index contributed by atoms with van der Waals surface area (Å²) in [4.78, 5) is 5.02. The Balaban J connectivity index is 1.09. The van der Waals surface area contributed by atoms with Crippen LogP contribution in [0.15, 0.2) is 267 Å². The maximum Gasteiger partial charge on any atom is 0.269 e. The van der Waals surface area contributed by atoms with Gasteiger partial charge in [-0.05, 0) is 109 Å². The topological polar surface area (TPSA) is 59.6 Å². The van der Waals surface area contributed by atoms with E-state index < -0.39 is 68.5 Å². The summed E-state index contributed by atoms with van der Waals surface area (Å²) in [6.45, 7) is 6.51. The van der Waals surface area contributed by atoms with Gasteiger partial charge in [-0.15, -0.1) is 0 Å². The van der Waals surface area contributed by atoms with Crippen LogP contribution in [-0.2, 0) is 5.41 Å². The number of ether oxygens (including phenoxy) is 1. The molecule has 0 bridgehead atoms. The number of hydrogen-bond donors (Lipinski definition) is 0. The molecule has 10 aromatic carbocycles. The van der Waals surface area contributed by atoms with Crippen LogP contribution in [-0.4, -0.2) is 22.2 Å². The van der Waals surface area contributed by atoms with E-state index in [2.05, 4.69) is 129 Å². The van der Waals surface area contributed by atoms with Crippen molar-refractivity contribution in [2.45, 2.75) is 26.2 Å². The molecule has 0 aliphatic rings. The summed E-state index contributed by atoms with van der Waals surface area (Å²) in [5.74, 6) is 1.72. The first kappa shape index (κ1) is 37.8. The van der Waals surface area contributed by atoms with Crippen molar-refractivity contribution in [1.29, 1.82) is 5.26 Å². The van der Waals surface area contributed by atoms with Crippen LogP contribution in [0.2, 0.25) is 0 Å². The molecule has 372 valence electrons. The lowest BCUT2D eigenvalue weighted by molar-refractivity contribution is -0.571. The minimum atomic E-state index is -3.43. The predicted molar refractivity (Wildman–Crippen MR) is 320 cm³/mol. The molecule has 0 saturated heterocycles. The zero-order valence-electron chi connectivity index (χ0n) is 52.8. The largest absolute Gasteiger partial charge is 0.458 e. The van der Waals surface area contributed by atoms with Gasteiger partial charge in [-0.25, -0.2) is 4.98 Å². The van der Waals surface area contributed by atoms with Crippen LogP contribution in [0.25, 0.3) is 72.3 Å². The molecule has 0 amide bonds. The number of pyridine rings is 1. The van der Waals surface area contributed by atoms with Gasteiger partial charge in [0.15, 0.2) is 8.07 Å². The third-order valence-electron chi connectivity index (χ3n) is 14.5. The Kier molecular flexibility index (Phi) is 9.54. The van der Waals surface area contributed by atoms with Crippen molar-refractivity contribution in [2.75, 3.05) is 0 Å². The Hall–Kier alpha value is -9.87. The van der Waals surface area contributed by atoms with E-state index in [1.807, 2.05) is 102 Å². The van der Waals surface area contributed by atoms with Crippen molar-refractivity contribution in [3.8, 4) is 57.0 Å². The summed E-state index contributed by atoms with van der Waals surface area (Å²) in [6, 6.07) is 62.7. The number of para-hydroxylation sites is 3. The third kappa shape index (κ3) is 8.27. The molecule has 0 radical (unpaired) electrons. The molecule has 0 fully saturated rings. The molecular formula is C71H53N5OSi. The standard InChI is InChI=1S/C71H53N5OSi/c1-71(2,3)53-41-42-73-69(44-53)76-63-40-39-50(48-72)43-61(63)62-46-68(78(56-29-13-6-14-30-56,57-31-15-7-16-32-57)58-33-17-8-18-34-58)67(47-66(62)76)77-55-28-21-27-54(45-55)74-49-75(65-38-20-19-37-64(65)74)70-59(51-23-9-4-10-24-51)35-22-36-60(70)52-25-11-5-12-26-52/h4-47H,1-3H3/i4D,5D,9D,10D,11D,12D,23D,24D,25D,26D. The van der Waals surface area contributed by atoms with E-state index in [1.54, 1.807) is 22.8 Å². The average molecular weight is 1030 g/mol. The van der Waals surface area contributed by atoms with Crippen molar-refractivity contribution in [3.63, 3.8) is 0 Å². The molecule has 3 heterocycles. The summed E-state index contributed by atoms with van der Waals surface area (Å²) >= 11 is 0.